The van der Waals surface area contributed by atoms with Gasteiger partial charge >= 0.3 is 0 Å². The van der Waals surface area contributed by atoms with Gasteiger partial charge in [-0.1, -0.05) is 22.0 Å². The third-order valence-corrected chi connectivity index (χ3v) is 2.65. The van der Waals surface area contributed by atoms with Gasteiger partial charge in [-0.2, -0.15) is 0 Å². The van der Waals surface area contributed by atoms with Crippen LogP contribution in [-0.4, -0.2) is 4.98 Å². The molecule has 78 valence electrons. The zero-order valence-corrected chi connectivity index (χ0v) is 9.91. The molecule has 2 N–H and O–H groups in total. The van der Waals surface area contributed by atoms with Gasteiger partial charge in [-0.15, -0.1) is 0 Å². The molecule has 0 aliphatic rings. The van der Waals surface area contributed by atoms with Crippen molar-refractivity contribution in [1.29, 1.82) is 0 Å². The molecule has 0 amide bonds. The maximum atomic E-state index is 5.54. The number of aryl methyl sites for hydroxylation is 1. The van der Waals surface area contributed by atoms with Crippen LogP contribution in [0.4, 0.5) is 0 Å². The highest BCUT2D eigenvalue weighted by atomic mass is 79.9. The summed E-state index contributed by atoms with van der Waals surface area (Å²) in [5.41, 5.74) is 7.30. The molecule has 0 fully saturated rings. The summed E-state index contributed by atoms with van der Waals surface area (Å²) in [5.74, 6) is 1.40. The largest absolute Gasteiger partial charge is 0.441 e. The maximum Gasteiger partial charge on any atom is 0.226 e. The summed E-state index contributed by atoms with van der Waals surface area (Å²) in [6.45, 7) is 2.28. The van der Waals surface area contributed by atoms with E-state index in [1.54, 1.807) is 0 Å². The van der Waals surface area contributed by atoms with Gasteiger partial charge < -0.3 is 10.2 Å². The molecule has 3 nitrogen and oxygen atoms in total. The Morgan fingerprint density at radius 2 is 2.27 bits per heavy atom. The highest BCUT2D eigenvalue weighted by Gasteiger charge is 2.09. The van der Waals surface area contributed by atoms with E-state index in [4.69, 9.17) is 10.2 Å². The highest BCUT2D eigenvalue weighted by Crippen LogP contribution is 2.24. The molecule has 4 heteroatoms. The van der Waals surface area contributed by atoms with E-state index in [0.717, 1.165) is 21.5 Å². The Bertz CT molecular complexity index is 479. The number of hydrogen-bond acceptors (Lipinski definition) is 3. The first-order valence-electron chi connectivity index (χ1n) is 4.63. The molecule has 1 aromatic heterocycles. The number of benzene rings is 1. The number of rotatable bonds is 2. The molecule has 0 aliphatic carbocycles. The molecule has 0 saturated carbocycles. The van der Waals surface area contributed by atoms with Crippen molar-refractivity contribution in [3.8, 4) is 11.5 Å². The lowest BCUT2D eigenvalue weighted by Gasteiger charge is -1.95. The Labute approximate surface area is 96.4 Å². The van der Waals surface area contributed by atoms with Crippen LogP contribution in [0.5, 0.6) is 0 Å². The van der Waals surface area contributed by atoms with Crippen LogP contribution in [0.2, 0.25) is 0 Å². The molecular formula is C11H11BrN2O. The van der Waals surface area contributed by atoms with Gasteiger partial charge in [-0.25, -0.2) is 4.98 Å². The van der Waals surface area contributed by atoms with E-state index in [-0.39, 0.29) is 0 Å². The Balaban J connectivity index is 2.45. The number of halogens is 1. The first-order chi connectivity index (χ1) is 7.20. The summed E-state index contributed by atoms with van der Waals surface area (Å²) in [6.07, 6.45) is 0. The fourth-order valence-corrected chi connectivity index (χ4v) is 1.76. The molecule has 1 heterocycles. The van der Waals surface area contributed by atoms with Crippen LogP contribution in [0.1, 0.15) is 11.5 Å². The smallest absolute Gasteiger partial charge is 0.226 e. The van der Waals surface area contributed by atoms with E-state index in [0.29, 0.717) is 12.4 Å². The van der Waals surface area contributed by atoms with Gasteiger partial charge in [0, 0.05) is 16.6 Å². The molecule has 15 heavy (non-hydrogen) atoms. The molecule has 0 atom stereocenters. The lowest BCUT2D eigenvalue weighted by molar-refractivity contribution is 0.539. The lowest BCUT2D eigenvalue weighted by atomic mass is 10.2. The fraction of sp³-hybridized carbons (Fsp3) is 0.182. The number of aromatic nitrogens is 1. The molecule has 2 aromatic rings. The van der Waals surface area contributed by atoms with Crippen molar-refractivity contribution < 1.29 is 4.42 Å². The lowest BCUT2D eigenvalue weighted by Crippen LogP contribution is -1.97. The first-order valence-corrected chi connectivity index (χ1v) is 5.42. The summed E-state index contributed by atoms with van der Waals surface area (Å²) in [5, 5.41) is 0. The summed E-state index contributed by atoms with van der Waals surface area (Å²) in [6, 6.07) is 7.83. The van der Waals surface area contributed by atoms with E-state index >= 15 is 0 Å². The molecular weight excluding hydrogens is 256 g/mol. The van der Waals surface area contributed by atoms with Crippen molar-refractivity contribution in [3.05, 3.63) is 40.2 Å². The molecule has 2 rings (SSSR count). The van der Waals surface area contributed by atoms with Crippen LogP contribution in [0.25, 0.3) is 11.5 Å². The number of nitrogens with zero attached hydrogens (tertiary/aromatic N) is 1. The Kier molecular flexibility index (Phi) is 2.88. The van der Waals surface area contributed by atoms with E-state index < -0.39 is 0 Å². The SMILES string of the molecule is Cc1oc(-c2cccc(Br)c2)nc1CN. The summed E-state index contributed by atoms with van der Waals surface area (Å²) >= 11 is 3.41. The number of nitrogens with two attached hydrogens (primary N) is 1. The van der Waals surface area contributed by atoms with Crippen molar-refractivity contribution in [2.75, 3.05) is 0 Å². The standard InChI is InChI=1S/C11H11BrN2O/c1-7-10(6-13)14-11(15-7)8-3-2-4-9(12)5-8/h2-5H,6,13H2,1H3. The van der Waals surface area contributed by atoms with Gasteiger partial charge in [-0.05, 0) is 25.1 Å². The predicted molar refractivity (Wildman–Crippen MR) is 62.3 cm³/mol. The second-order valence-electron chi connectivity index (χ2n) is 3.24. The zero-order chi connectivity index (χ0) is 10.8. The van der Waals surface area contributed by atoms with Crippen LogP contribution in [-0.2, 0) is 6.54 Å². The summed E-state index contributed by atoms with van der Waals surface area (Å²) in [7, 11) is 0. The minimum atomic E-state index is 0.406. The zero-order valence-electron chi connectivity index (χ0n) is 8.33. The minimum absolute atomic E-state index is 0.406. The monoisotopic (exact) mass is 266 g/mol. The van der Waals surface area contributed by atoms with Crippen molar-refractivity contribution in [1.82, 2.24) is 4.98 Å². The van der Waals surface area contributed by atoms with Crippen LogP contribution >= 0.6 is 15.9 Å². The molecule has 0 spiro atoms. The average Bonchev–Trinajstić information content (AvgIpc) is 2.60. The Hall–Kier alpha value is -1.13. The van der Waals surface area contributed by atoms with Crippen LogP contribution in [0.15, 0.2) is 33.2 Å². The van der Waals surface area contributed by atoms with Crippen LogP contribution < -0.4 is 5.73 Å². The Morgan fingerprint density at radius 3 is 2.87 bits per heavy atom. The van der Waals surface area contributed by atoms with Gasteiger partial charge in [0.1, 0.15) is 5.76 Å². The summed E-state index contributed by atoms with van der Waals surface area (Å²) in [4.78, 5) is 4.33. The highest BCUT2D eigenvalue weighted by molar-refractivity contribution is 9.10. The maximum absolute atomic E-state index is 5.54. The molecule has 0 bridgehead atoms. The van der Waals surface area contributed by atoms with Crippen molar-refractivity contribution in [3.63, 3.8) is 0 Å². The second-order valence-corrected chi connectivity index (χ2v) is 4.15. The average molecular weight is 267 g/mol. The van der Waals surface area contributed by atoms with Gasteiger partial charge in [0.15, 0.2) is 0 Å². The molecule has 0 saturated heterocycles. The van der Waals surface area contributed by atoms with Gasteiger partial charge in [-0.3, -0.25) is 0 Å². The van der Waals surface area contributed by atoms with Crippen molar-refractivity contribution >= 4 is 15.9 Å². The third kappa shape index (κ3) is 2.11. The molecule has 1 aromatic carbocycles. The van der Waals surface area contributed by atoms with Crippen LogP contribution in [0.3, 0.4) is 0 Å². The number of hydrogen-bond donors (Lipinski definition) is 1. The van der Waals surface area contributed by atoms with E-state index in [9.17, 15) is 0 Å². The van der Waals surface area contributed by atoms with Crippen molar-refractivity contribution in [2.45, 2.75) is 13.5 Å². The quantitative estimate of drug-likeness (QED) is 0.910. The number of oxazole rings is 1. The minimum Gasteiger partial charge on any atom is -0.441 e. The van der Waals surface area contributed by atoms with E-state index in [2.05, 4.69) is 20.9 Å². The van der Waals surface area contributed by atoms with E-state index in [1.807, 2.05) is 31.2 Å². The van der Waals surface area contributed by atoms with Gasteiger partial charge in [0.25, 0.3) is 0 Å². The Morgan fingerprint density at radius 1 is 1.47 bits per heavy atom. The molecule has 0 unspecified atom stereocenters. The third-order valence-electron chi connectivity index (χ3n) is 2.16. The predicted octanol–water partition coefficient (Wildman–Crippen LogP) is 2.87. The summed E-state index contributed by atoms with van der Waals surface area (Å²) < 4.78 is 6.54. The molecule has 0 aliphatic heterocycles. The van der Waals surface area contributed by atoms with Crippen molar-refractivity contribution in [2.24, 2.45) is 5.73 Å². The normalized spacial score (nSPS) is 10.6. The fourth-order valence-electron chi connectivity index (χ4n) is 1.36. The first kappa shape index (κ1) is 10.4. The van der Waals surface area contributed by atoms with Gasteiger partial charge in [0.05, 0.1) is 5.69 Å². The molecule has 0 radical (unpaired) electrons. The van der Waals surface area contributed by atoms with Crippen LogP contribution in [0, 0.1) is 6.92 Å². The van der Waals surface area contributed by atoms with Gasteiger partial charge in [0.2, 0.25) is 5.89 Å². The second kappa shape index (κ2) is 4.16. The topological polar surface area (TPSA) is 52.0 Å². The van der Waals surface area contributed by atoms with E-state index in [1.165, 1.54) is 0 Å².